The minimum absolute atomic E-state index is 0.0952. The molecule has 3 rings (SSSR count). The van der Waals surface area contributed by atoms with Gasteiger partial charge in [-0.2, -0.15) is 0 Å². The number of sulfone groups is 1. The number of benzene rings is 2. The number of hydrogen-bond acceptors (Lipinski definition) is 5. The van der Waals surface area contributed by atoms with Gasteiger partial charge in [0.25, 0.3) is 0 Å². The molecule has 29 heavy (non-hydrogen) atoms. The van der Waals surface area contributed by atoms with Crippen LogP contribution in [0.1, 0.15) is 25.0 Å². The van der Waals surface area contributed by atoms with E-state index < -0.39 is 15.8 Å². The minimum Gasteiger partial charge on any atom is -0.326 e. The molecule has 2 N–H and O–H groups in total. The zero-order valence-electron chi connectivity index (χ0n) is 16.8. The highest BCUT2D eigenvalue weighted by molar-refractivity contribution is 8.01. The Morgan fingerprint density at radius 3 is 2.62 bits per heavy atom. The van der Waals surface area contributed by atoms with E-state index in [9.17, 15) is 18.0 Å². The Morgan fingerprint density at radius 1 is 1.21 bits per heavy atom. The second-order valence-corrected chi connectivity index (χ2v) is 10.8. The molecule has 0 unspecified atom stereocenters. The van der Waals surface area contributed by atoms with Crippen LogP contribution >= 0.6 is 11.8 Å². The number of aryl methyl sites for hydroxylation is 2. The average molecular weight is 433 g/mol. The third kappa shape index (κ3) is 4.82. The van der Waals surface area contributed by atoms with Crippen molar-refractivity contribution < 1.29 is 18.0 Å². The summed E-state index contributed by atoms with van der Waals surface area (Å²) in [6, 6.07) is 10.4. The molecule has 2 amide bonds. The minimum atomic E-state index is -3.70. The first-order chi connectivity index (χ1) is 13.6. The maximum absolute atomic E-state index is 12.8. The van der Waals surface area contributed by atoms with E-state index >= 15 is 0 Å². The quantitative estimate of drug-likeness (QED) is 0.750. The van der Waals surface area contributed by atoms with Gasteiger partial charge in [-0.25, -0.2) is 8.42 Å². The fourth-order valence-corrected chi connectivity index (χ4v) is 5.60. The first-order valence-electron chi connectivity index (χ1n) is 9.29. The Morgan fingerprint density at radius 2 is 1.93 bits per heavy atom. The smallest absolute Gasteiger partial charge is 0.237 e. The molecule has 0 aliphatic carbocycles. The predicted molar refractivity (Wildman–Crippen MR) is 116 cm³/mol. The molecule has 0 fully saturated rings. The van der Waals surface area contributed by atoms with Gasteiger partial charge in [0.2, 0.25) is 11.8 Å². The van der Waals surface area contributed by atoms with E-state index in [-0.39, 0.29) is 27.7 Å². The number of carbonyl (C=O) groups is 2. The van der Waals surface area contributed by atoms with Crippen LogP contribution < -0.4 is 10.6 Å². The number of carbonyl (C=O) groups excluding carboxylic acids is 2. The van der Waals surface area contributed by atoms with Crippen LogP contribution in [-0.2, 0) is 19.4 Å². The van der Waals surface area contributed by atoms with Gasteiger partial charge in [-0.3, -0.25) is 9.59 Å². The zero-order chi connectivity index (χ0) is 21.3. The molecule has 2 aromatic rings. The van der Waals surface area contributed by atoms with Gasteiger partial charge in [0.15, 0.2) is 9.84 Å². The summed E-state index contributed by atoms with van der Waals surface area (Å²) < 4.78 is 25.7. The van der Waals surface area contributed by atoms with Crippen LogP contribution in [0.15, 0.2) is 46.2 Å². The molecular formula is C21H24N2O4S2. The van der Waals surface area contributed by atoms with Crippen molar-refractivity contribution in [2.45, 2.75) is 42.7 Å². The fraction of sp³-hybridized carbons (Fsp3) is 0.333. The van der Waals surface area contributed by atoms with Gasteiger partial charge in [0.05, 0.1) is 21.6 Å². The molecule has 2 atom stereocenters. The number of nitrogens with one attached hydrogen (secondary N) is 2. The van der Waals surface area contributed by atoms with Gasteiger partial charge in [-0.15, -0.1) is 11.8 Å². The van der Waals surface area contributed by atoms with Crippen LogP contribution in [0.5, 0.6) is 0 Å². The average Bonchev–Trinajstić information content (AvgIpc) is 2.64. The van der Waals surface area contributed by atoms with Crippen LogP contribution in [0, 0.1) is 19.8 Å². The highest BCUT2D eigenvalue weighted by atomic mass is 32.2. The van der Waals surface area contributed by atoms with E-state index in [1.165, 1.54) is 23.9 Å². The van der Waals surface area contributed by atoms with E-state index in [1.807, 2.05) is 32.0 Å². The number of amides is 2. The van der Waals surface area contributed by atoms with Crippen molar-refractivity contribution >= 4 is 44.8 Å². The molecular weight excluding hydrogens is 408 g/mol. The zero-order valence-corrected chi connectivity index (χ0v) is 18.4. The molecule has 0 aromatic heterocycles. The molecule has 2 aromatic carbocycles. The van der Waals surface area contributed by atoms with Crippen LogP contribution in [0.4, 0.5) is 11.4 Å². The Hall–Kier alpha value is -2.32. The third-order valence-electron chi connectivity index (χ3n) is 4.80. The van der Waals surface area contributed by atoms with Crippen molar-refractivity contribution in [3.8, 4) is 0 Å². The lowest BCUT2D eigenvalue weighted by atomic mass is 10.1. The third-order valence-corrected chi connectivity index (χ3v) is 7.89. The number of hydrogen-bond donors (Lipinski definition) is 2. The van der Waals surface area contributed by atoms with E-state index in [0.717, 1.165) is 16.0 Å². The van der Waals surface area contributed by atoms with E-state index in [2.05, 4.69) is 10.6 Å². The second-order valence-electron chi connectivity index (χ2n) is 7.40. The summed E-state index contributed by atoms with van der Waals surface area (Å²) in [4.78, 5) is 25.3. The molecule has 1 heterocycles. The van der Waals surface area contributed by atoms with Crippen molar-refractivity contribution in [2.75, 3.05) is 16.4 Å². The summed E-state index contributed by atoms with van der Waals surface area (Å²) in [6.45, 7) is 7.25. The first kappa shape index (κ1) is 21.4. The second kappa shape index (κ2) is 8.20. The summed E-state index contributed by atoms with van der Waals surface area (Å²) in [6.07, 6.45) is 0. The molecule has 8 heteroatoms. The number of thioether (sulfide) groups is 1. The molecule has 154 valence electrons. The van der Waals surface area contributed by atoms with Crippen molar-refractivity contribution in [3.05, 3.63) is 47.5 Å². The lowest BCUT2D eigenvalue weighted by Gasteiger charge is -2.22. The molecule has 0 bridgehead atoms. The SMILES string of the molecule is Cc1ccc(NC(=O)[C@H](C)CS(=O)(=O)c2ccc3c(c2)NC(=O)[C@H](C)S3)c(C)c1. The van der Waals surface area contributed by atoms with Crippen molar-refractivity contribution in [3.63, 3.8) is 0 Å². The van der Waals surface area contributed by atoms with Crippen molar-refractivity contribution in [1.82, 2.24) is 0 Å². The van der Waals surface area contributed by atoms with Crippen LogP contribution in [-0.4, -0.2) is 31.2 Å². The monoisotopic (exact) mass is 432 g/mol. The molecule has 0 radical (unpaired) electrons. The topological polar surface area (TPSA) is 92.3 Å². The van der Waals surface area contributed by atoms with Crippen LogP contribution in [0.25, 0.3) is 0 Å². The number of anilines is 2. The predicted octanol–water partition coefficient (Wildman–Crippen LogP) is 3.78. The number of rotatable bonds is 5. The lowest BCUT2D eigenvalue weighted by molar-refractivity contribution is -0.119. The summed E-state index contributed by atoms with van der Waals surface area (Å²) in [5.41, 5.74) is 3.17. The fourth-order valence-electron chi connectivity index (χ4n) is 3.09. The van der Waals surface area contributed by atoms with Crippen LogP contribution in [0.2, 0.25) is 0 Å². The number of fused-ring (bicyclic) bond motifs is 1. The largest absolute Gasteiger partial charge is 0.326 e. The van der Waals surface area contributed by atoms with Gasteiger partial charge in [-0.1, -0.05) is 24.6 Å². The summed E-state index contributed by atoms with van der Waals surface area (Å²) in [5, 5.41) is 5.32. The van der Waals surface area contributed by atoms with Gasteiger partial charge in [0, 0.05) is 16.5 Å². The van der Waals surface area contributed by atoms with Gasteiger partial charge in [-0.05, 0) is 50.6 Å². The molecule has 6 nitrogen and oxygen atoms in total. The maximum atomic E-state index is 12.8. The van der Waals surface area contributed by atoms with Crippen LogP contribution in [0.3, 0.4) is 0 Å². The highest BCUT2D eigenvalue weighted by Crippen LogP contribution is 2.37. The van der Waals surface area contributed by atoms with Crippen molar-refractivity contribution in [1.29, 1.82) is 0 Å². The van der Waals surface area contributed by atoms with Gasteiger partial charge < -0.3 is 10.6 Å². The molecule has 1 aliphatic heterocycles. The normalized spacial score (nSPS) is 17.2. The lowest BCUT2D eigenvalue weighted by Crippen LogP contribution is -2.28. The molecule has 0 spiro atoms. The van der Waals surface area contributed by atoms with E-state index in [4.69, 9.17) is 0 Å². The van der Waals surface area contributed by atoms with Gasteiger partial charge in [0.1, 0.15) is 0 Å². The Bertz CT molecular complexity index is 1080. The Labute approximate surface area is 175 Å². The summed E-state index contributed by atoms with van der Waals surface area (Å²) in [7, 11) is -3.70. The van der Waals surface area contributed by atoms with E-state index in [0.29, 0.717) is 11.4 Å². The summed E-state index contributed by atoms with van der Waals surface area (Å²) >= 11 is 1.39. The van der Waals surface area contributed by atoms with Gasteiger partial charge >= 0.3 is 0 Å². The molecule has 0 saturated carbocycles. The first-order valence-corrected chi connectivity index (χ1v) is 11.8. The van der Waals surface area contributed by atoms with Crippen molar-refractivity contribution in [2.24, 2.45) is 5.92 Å². The Kier molecular flexibility index (Phi) is 6.05. The standard InChI is InChI=1S/C21H24N2O4S2/c1-12-5-7-17(13(2)9-12)22-20(24)14(3)11-29(26,27)16-6-8-19-18(10-16)23-21(25)15(4)28-19/h5-10,14-15H,11H2,1-4H3,(H,22,24)(H,23,25)/t14-,15+/m1/s1. The Balaban J connectivity index is 1.74. The maximum Gasteiger partial charge on any atom is 0.237 e. The summed E-state index contributed by atoms with van der Waals surface area (Å²) in [5.74, 6) is -1.56. The molecule has 1 aliphatic rings. The highest BCUT2D eigenvalue weighted by Gasteiger charge is 2.27. The van der Waals surface area contributed by atoms with E-state index in [1.54, 1.807) is 19.9 Å². The molecule has 0 saturated heterocycles.